The average molecular weight is 185 g/mol. The van der Waals surface area contributed by atoms with E-state index in [0.29, 0.717) is 18.6 Å². The highest BCUT2D eigenvalue weighted by Gasteiger charge is 2.44. The molecule has 1 atom stereocenters. The fraction of sp³-hybridized carbons (Fsp3) is 0.900. The molecular formula is C10H21N2O+. The van der Waals surface area contributed by atoms with Crippen molar-refractivity contribution >= 4 is 5.78 Å². The molecule has 1 aliphatic rings. The van der Waals surface area contributed by atoms with Crippen molar-refractivity contribution in [2.75, 3.05) is 27.7 Å². The smallest absolute Gasteiger partial charge is 0.159 e. The van der Waals surface area contributed by atoms with Crippen LogP contribution in [-0.2, 0) is 4.79 Å². The number of quaternary nitrogens is 1. The van der Waals surface area contributed by atoms with Gasteiger partial charge in [0.1, 0.15) is 5.78 Å². The van der Waals surface area contributed by atoms with E-state index in [4.69, 9.17) is 0 Å². The van der Waals surface area contributed by atoms with Crippen LogP contribution in [0.1, 0.15) is 26.2 Å². The first-order valence-electron chi connectivity index (χ1n) is 4.99. The van der Waals surface area contributed by atoms with Crippen LogP contribution in [0, 0.1) is 0 Å². The van der Waals surface area contributed by atoms with E-state index < -0.39 is 0 Å². The molecule has 13 heavy (non-hydrogen) atoms. The lowest BCUT2D eigenvalue weighted by Gasteiger charge is -2.47. The Morgan fingerprint density at radius 2 is 2.08 bits per heavy atom. The summed E-state index contributed by atoms with van der Waals surface area (Å²) in [6, 6.07) is 0. The standard InChI is InChI=1S/C10H21N2O/c1-5-10(12(2,3)4)8-9(13)6-7-11-10/h11H,5-8H2,1-4H3/q+1. The molecule has 1 heterocycles. The molecule has 0 radical (unpaired) electrons. The molecule has 0 aromatic carbocycles. The number of hydrogen-bond donors (Lipinski definition) is 1. The molecule has 1 N–H and O–H groups in total. The Kier molecular flexibility index (Phi) is 2.78. The number of hydrogen-bond acceptors (Lipinski definition) is 2. The van der Waals surface area contributed by atoms with Gasteiger partial charge in [0, 0.05) is 19.4 Å². The van der Waals surface area contributed by atoms with Crippen molar-refractivity contribution in [3.63, 3.8) is 0 Å². The molecule has 0 aromatic rings. The second kappa shape index (κ2) is 3.39. The summed E-state index contributed by atoms with van der Waals surface area (Å²) in [6.45, 7) is 2.98. The SMILES string of the molecule is CCC1([N+](C)(C)C)CC(=O)CCN1. The van der Waals surface area contributed by atoms with Gasteiger partial charge in [0.05, 0.1) is 27.6 Å². The highest BCUT2D eigenvalue weighted by atomic mass is 16.1. The van der Waals surface area contributed by atoms with Crippen LogP contribution < -0.4 is 5.32 Å². The zero-order valence-electron chi connectivity index (χ0n) is 9.18. The van der Waals surface area contributed by atoms with E-state index in [1.165, 1.54) is 0 Å². The van der Waals surface area contributed by atoms with Gasteiger partial charge in [-0.15, -0.1) is 0 Å². The van der Waals surface area contributed by atoms with Crippen LogP contribution in [-0.4, -0.2) is 43.6 Å². The maximum atomic E-state index is 11.4. The Labute approximate surface area is 80.7 Å². The maximum Gasteiger partial charge on any atom is 0.159 e. The molecule has 1 rings (SSSR count). The minimum absolute atomic E-state index is 0.0324. The van der Waals surface area contributed by atoms with Gasteiger partial charge in [0.15, 0.2) is 5.66 Å². The highest BCUT2D eigenvalue weighted by Crippen LogP contribution is 2.27. The first-order chi connectivity index (χ1) is 5.91. The quantitative estimate of drug-likeness (QED) is 0.643. The number of piperidine rings is 1. The van der Waals surface area contributed by atoms with Gasteiger partial charge in [0.2, 0.25) is 0 Å². The van der Waals surface area contributed by atoms with Gasteiger partial charge in [-0.05, 0) is 0 Å². The van der Waals surface area contributed by atoms with Gasteiger partial charge in [-0.2, -0.15) is 0 Å². The molecule has 0 aliphatic carbocycles. The lowest BCUT2D eigenvalue weighted by atomic mass is 9.91. The van der Waals surface area contributed by atoms with Gasteiger partial charge >= 0.3 is 0 Å². The normalized spacial score (nSPS) is 30.6. The Bertz CT molecular complexity index is 207. The third-order valence-electron chi connectivity index (χ3n) is 3.22. The largest absolute Gasteiger partial charge is 0.313 e. The van der Waals surface area contributed by atoms with Crippen molar-refractivity contribution in [3.05, 3.63) is 0 Å². The van der Waals surface area contributed by atoms with E-state index >= 15 is 0 Å². The molecule has 1 saturated heterocycles. The monoisotopic (exact) mass is 185 g/mol. The summed E-state index contributed by atoms with van der Waals surface area (Å²) in [6.07, 6.45) is 2.37. The summed E-state index contributed by atoms with van der Waals surface area (Å²) in [7, 11) is 6.44. The number of ketones is 1. The molecule has 0 amide bonds. The first-order valence-corrected chi connectivity index (χ1v) is 4.99. The lowest BCUT2D eigenvalue weighted by molar-refractivity contribution is -0.928. The number of Topliss-reactive ketones (excluding diaryl/α,β-unsaturated/α-hetero) is 1. The molecule has 1 unspecified atom stereocenters. The molecule has 1 aliphatic heterocycles. The van der Waals surface area contributed by atoms with Crippen molar-refractivity contribution in [1.82, 2.24) is 5.32 Å². The summed E-state index contributed by atoms with van der Waals surface area (Å²) in [5.74, 6) is 0.397. The van der Waals surface area contributed by atoms with Crippen LogP contribution in [0.15, 0.2) is 0 Å². The van der Waals surface area contributed by atoms with Crippen molar-refractivity contribution in [1.29, 1.82) is 0 Å². The van der Waals surface area contributed by atoms with E-state index in [1.54, 1.807) is 0 Å². The van der Waals surface area contributed by atoms with Gasteiger partial charge in [-0.3, -0.25) is 10.1 Å². The van der Waals surface area contributed by atoms with E-state index in [0.717, 1.165) is 17.4 Å². The van der Waals surface area contributed by atoms with Gasteiger partial charge in [-0.25, -0.2) is 0 Å². The zero-order valence-corrected chi connectivity index (χ0v) is 9.18. The average Bonchev–Trinajstić information content (AvgIpc) is 2.02. The highest BCUT2D eigenvalue weighted by molar-refractivity contribution is 5.80. The van der Waals surface area contributed by atoms with E-state index in [9.17, 15) is 4.79 Å². The Hall–Kier alpha value is -0.410. The van der Waals surface area contributed by atoms with E-state index in [-0.39, 0.29) is 5.66 Å². The lowest BCUT2D eigenvalue weighted by Crippen LogP contribution is -2.68. The second-order valence-corrected chi connectivity index (χ2v) is 4.79. The molecule has 0 aromatic heterocycles. The third kappa shape index (κ3) is 1.92. The Morgan fingerprint density at radius 1 is 1.46 bits per heavy atom. The molecule has 3 heteroatoms. The van der Waals surface area contributed by atoms with Gasteiger partial charge < -0.3 is 4.48 Å². The minimum atomic E-state index is -0.0324. The Morgan fingerprint density at radius 3 is 2.38 bits per heavy atom. The summed E-state index contributed by atoms with van der Waals surface area (Å²) < 4.78 is 0.815. The summed E-state index contributed by atoms with van der Waals surface area (Å²) in [5.41, 5.74) is -0.0324. The predicted molar refractivity (Wildman–Crippen MR) is 53.3 cm³/mol. The molecule has 1 fully saturated rings. The summed E-state index contributed by atoms with van der Waals surface area (Å²) in [4.78, 5) is 11.4. The number of carbonyl (C=O) groups is 1. The van der Waals surface area contributed by atoms with E-state index in [2.05, 4.69) is 33.4 Å². The van der Waals surface area contributed by atoms with Crippen LogP contribution >= 0.6 is 0 Å². The second-order valence-electron chi connectivity index (χ2n) is 4.79. The summed E-state index contributed by atoms with van der Waals surface area (Å²) in [5, 5.41) is 3.50. The molecule has 3 nitrogen and oxygen atoms in total. The van der Waals surface area contributed by atoms with Gasteiger partial charge in [-0.1, -0.05) is 6.92 Å². The number of carbonyl (C=O) groups excluding carboxylic acids is 1. The zero-order chi connectivity index (χ0) is 10.1. The van der Waals surface area contributed by atoms with Crippen molar-refractivity contribution in [2.45, 2.75) is 31.8 Å². The molecule has 0 spiro atoms. The van der Waals surface area contributed by atoms with Crippen LogP contribution in [0.2, 0.25) is 0 Å². The predicted octanol–water partition coefficient (Wildman–Crippen LogP) is 0.751. The van der Waals surface area contributed by atoms with Crippen molar-refractivity contribution in [2.24, 2.45) is 0 Å². The van der Waals surface area contributed by atoms with Crippen molar-refractivity contribution in [3.8, 4) is 0 Å². The van der Waals surface area contributed by atoms with Crippen LogP contribution in [0.25, 0.3) is 0 Å². The van der Waals surface area contributed by atoms with E-state index in [1.807, 2.05) is 0 Å². The number of nitrogens with zero attached hydrogens (tertiary/aromatic N) is 1. The molecular weight excluding hydrogens is 164 g/mol. The number of rotatable bonds is 2. The first kappa shape index (κ1) is 10.7. The molecule has 0 bridgehead atoms. The fourth-order valence-corrected chi connectivity index (χ4v) is 2.11. The van der Waals surface area contributed by atoms with Crippen molar-refractivity contribution < 1.29 is 9.28 Å². The van der Waals surface area contributed by atoms with Crippen LogP contribution in [0.3, 0.4) is 0 Å². The Balaban J connectivity index is 2.86. The van der Waals surface area contributed by atoms with Gasteiger partial charge in [0.25, 0.3) is 0 Å². The minimum Gasteiger partial charge on any atom is -0.313 e. The molecule has 76 valence electrons. The third-order valence-corrected chi connectivity index (χ3v) is 3.22. The van der Waals surface area contributed by atoms with Crippen LogP contribution in [0.4, 0.5) is 0 Å². The topological polar surface area (TPSA) is 29.1 Å². The fourth-order valence-electron chi connectivity index (χ4n) is 2.11. The maximum absolute atomic E-state index is 11.4. The number of nitrogens with one attached hydrogen (secondary N) is 1. The molecule has 0 saturated carbocycles. The van der Waals surface area contributed by atoms with Crippen LogP contribution in [0.5, 0.6) is 0 Å². The summed E-state index contributed by atoms with van der Waals surface area (Å²) >= 11 is 0.